The van der Waals surface area contributed by atoms with Crippen molar-refractivity contribution in [3.8, 4) is 0 Å². The third kappa shape index (κ3) is 5.21. The first-order chi connectivity index (χ1) is 21.9. The maximum Gasteiger partial charge on any atom is 0.229 e. The maximum atomic E-state index is 14.7. The average Bonchev–Trinajstić information content (AvgIpc) is 3.19. The molecule has 5 rings (SSSR count). The predicted octanol–water partition coefficient (Wildman–Crippen LogP) is 0.878. The van der Waals surface area contributed by atoms with Gasteiger partial charge in [-0.1, -0.05) is 38.5 Å². The molecule has 0 bridgehead atoms. The van der Waals surface area contributed by atoms with E-state index in [0.29, 0.717) is 6.42 Å². The van der Waals surface area contributed by atoms with E-state index in [1.807, 2.05) is 26.8 Å². The van der Waals surface area contributed by atoms with Crippen molar-refractivity contribution in [2.75, 3.05) is 6.61 Å². The van der Waals surface area contributed by atoms with Gasteiger partial charge < -0.3 is 45.2 Å². The molecule has 0 aromatic carbocycles. The zero-order chi connectivity index (χ0) is 36.2. The molecule has 0 aromatic rings. The number of hydrogen-bond acceptors (Lipinski definition) is 12. The number of aliphatic hydroxyl groups excluding tert-OH is 5. The van der Waals surface area contributed by atoms with Crippen molar-refractivity contribution in [1.29, 1.82) is 0 Å². The Bertz CT molecular complexity index is 1450. The van der Waals surface area contributed by atoms with E-state index in [9.17, 15) is 50.1 Å². The third-order valence-electron chi connectivity index (χ3n) is 12.9. The fourth-order valence-corrected chi connectivity index (χ4v) is 9.94. The highest BCUT2D eigenvalue weighted by Gasteiger charge is 2.74. The van der Waals surface area contributed by atoms with Crippen LogP contribution in [0.2, 0.25) is 0 Å². The standard InChI is InChI=1S/C36H52O12/c1-31(2,45)12-11-23(39)36(8,46)28-19(38)14-33(5)22-10-9-17-18(35(22,7)24(40)15-34(28,33)6)13-20(29(44)32(17,3)4)47-30-27(43)26(42)25(41)21(16-37)48-30/h9,11-13,18-19,21-22,25-28,30,37-38,41-43,45-46H,10,14-16H2,1-8H3/b12-11+/t18?,19-,21-,22?,25-,26+,27-,28?,30-,33+,34-,35+,36+/m1/s1. The first-order valence-electron chi connectivity index (χ1n) is 16.7. The minimum Gasteiger partial charge on any atom is -0.459 e. The van der Waals surface area contributed by atoms with Crippen molar-refractivity contribution < 1.29 is 59.6 Å². The monoisotopic (exact) mass is 676 g/mol. The highest BCUT2D eigenvalue weighted by atomic mass is 16.7. The summed E-state index contributed by atoms with van der Waals surface area (Å²) in [5.74, 6) is -3.51. The summed E-state index contributed by atoms with van der Waals surface area (Å²) in [7, 11) is 0. The maximum absolute atomic E-state index is 14.7. The summed E-state index contributed by atoms with van der Waals surface area (Å²) >= 11 is 0. The molecule has 0 amide bonds. The van der Waals surface area contributed by atoms with Crippen LogP contribution in [0.4, 0.5) is 0 Å². The van der Waals surface area contributed by atoms with E-state index in [2.05, 4.69) is 0 Å². The Morgan fingerprint density at radius 2 is 1.62 bits per heavy atom. The molecule has 1 aliphatic heterocycles. The van der Waals surface area contributed by atoms with Gasteiger partial charge in [-0.15, -0.1) is 0 Å². The molecule has 4 aliphatic carbocycles. The summed E-state index contributed by atoms with van der Waals surface area (Å²) in [5, 5.41) is 74.4. The second-order valence-electron chi connectivity index (χ2n) is 16.7. The normalized spacial score (nSPS) is 45.4. The number of ether oxygens (including phenoxy) is 2. The number of ketones is 3. The summed E-state index contributed by atoms with van der Waals surface area (Å²) in [4.78, 5) is 41.9. The summed E-state index contributed by atoms with van der Waals surface area (Å²) in [6, 6.07) is 0. The van der Waals surface area contributed by atoms with Crippen LogP contribution in [0, 0.1) is 39.4 Å². The molecule has 3 unspecified atom stereocenters. The molecule has 0 radical (unpaired) electrons. The lowest BCUT2D eigenvalue weighted by Gasteiger charge is -2.63. The van der Waals surface area contributed by atoms with Crippen molar-refractivity contribution in [1.82, 2.24) is 0 Å². The van der Waals surface area contributed by atoms with Crippen LogP contribution < -0.4 is 0 Å². The van der Waals surface area contributed by atoms with Crippen LogP contribution in [0.25, 0.3) is 0 Å². The molecule has 5 aliphatic rings. The molecule has 2 saturated carbocycles. The number of carbonyl (C=O) groups excluding carboxylic acids is 3. The third-order valence-corrected chi connectivity index (χ3v) is 12.9. The minimum atomic E-state index is -2.05. The van der Waals surface area contributed by atoms with Gasteiger partial charge in [0.25, 0.3) is 0 Å². The van der Waals surface area contributed by atoms with Gasteiger partial charge >= 0.3 is 0 Å². The summed E-state index contributed by atoms with van der Waals surface area (Å²) < 4.78 is 11.5. The Labute approximate surface area is 281 Å². The van der Waals surface area contributed by atoms with E-state index in [-0.39, 0.29) is 24.4 Å². The number of Topliss-reactive ketones (excluding diaryl/α,β-unsaturated/α-hetero) is 2. The van der Waals surface area contributed by atoms with Gasteiger partial charge in [-0.25, -0.2) is 0 Å². The van der Waals surface area contributed by atoms with Crippen molar-refractivity contribution in [3.05, 3.63) is 35.6 Å². The fourth-order valence-electron chi connectivity index (χ4n) is 9.94. The van der Waals surface area contributed by atoms with E-state index >= 15 is 0 Å². The first-order valence-corrected chi connectivity index (χ1v) is 16.7. The van der Waals surface area contributed by atoms with Crippen LogP contribution in [0.1, 0.15) is 74.7 Å². The topological polar surface area (TPSA) is 211 Å². The fraction of sp³-hybridized carbons (Fsp3) is 0.750. The number of aliphatic hydroxyl groups is 7. The molecular formula is C36H52O12. The zero-order valence-electron chi connectivity index (χ0n) is 29.0. The number of allylic oxidation sites excluding steroid dienone is 4. The van der Waals surface area contributed by atoms with Crippen molar-refractivity contribution in [2.45, 2.75) is 123 Å². The lowest BCUT2D eigenvalue weighted by molar-refractivity contribution is -0.291. The van der Waals surface area contributed by atoms with Gasteiger partial charge in [-0.2, -0.15) is 0 Å². The van der Waals surface area contributed by atoms with E-state index in [1.165, 1.54) is 26.8 Å². The minimum absolute atomic E-state index is 0.0637. The van der Waals surface area contributed by atoms with Crippen molar-refractivity contribution in [3.63, 3.8) is 0 Å². The van der Waals surface area contributed by atoms with Gasteiger partial charge in [-0.05, 0) is 76.4 Å². The largest absolute Gasteiger partial charge is 0.459 e. The summed E-state index contributed by atoms with van der Waals surface area (Å²) in [6.45, 7) is 12.8. The average molecular weight is 677 g/mol. The highest BCUT2D eigenvalue weighted by molar-refractivity contribution is 6.02. The van der Waals surface area contributed by atoms with E-state index in [0.717, 1.165) is 11.6 Å². The summed E-state index contributed by atoms with van der Waals surface area (Å²) in [5.41, 5.74) is -6.65. The van der Waals surface area contributed by atoms with Crippen LogP contribution >= 0.6 is 0 Å². The molecule has 7 N–H and O–H groups in total. The quantitative estimate of drug-likeness (QED) is 0.148. The molecule has 12 heteroatoms. The van der Waals surface area contributed by atoms with E-state index in [4.69, 9.17) is 9.47 Å². The Hall–Kier alpha value is -2.29. The SMILES string of the molecule is CC(C)(O)/C=C/C(=O)[C@](C)(O)C1[C@H](O)C[C@@]2(C)C3CC=C4C(C=C(O[C@@H]5O[C@H](CO)[C@@H](O)[C@H](O)[C@H]5O)C(=O)C4(C)C)[C@]3(C)C(=O)C[C@]12C. The number of hydrogen-bond donors (Lipinski definition) is 7. The molecule has 1 saturated heterocycles. The molecule has 3 fully saturated rings. The van der Waals surface area contributed by atoms with Gasteiger partial charge in [0.2, 0.25) is 12.1 Å². The van der Waals surface area contributed by atoms with E-state index in [1.54, 1.807) is 19.9 Å². The van der Waals surface area contributed by atoms with Gasteiger partial charge in [-0.3, -0.25) is 14.4 Å². The lowest BCUT2D eigenvalue weighted by Crippen LogP contribution is -2.64. The highest BCUT2D eigenvalue weighted by Crippen LogP contribution is 2.73. The summed E-state index contributed by atoms with van der Waals surface area (Å²) in [6.07, 6.45) is -2.56. The molecule has 48 heavy (non-hydrogen) atoms. The Morgan fingerprint density at radius 3 is 2.21 bits per heavy atom. The molecule has 268 valence electrons. The van der Waals surface area contributed by atoms with Crippen molar-refractivity contribution >= 4 is 17.3 Å². The first kappa shape index (κ1) is 37.0. The Balaban J connectivity index is 1.55. The molecule has 13 atom stereocenters. The Morgan fingerprint density at radius 1 is 1.00 bits per heavy atom. The van der Waals surface area contributed by atoms with Crippen LogP contribution in [-0.4, -0.2) is 108 Å². The van der Waals surface area contributed by atoms with Gasteiger partial charge in [0.15, 0.2) is 11.5 Å². The zero-order valence-corrected chi connectivity index (χ0v) is 29.0. The molecule has 1 heterocycles. The second-order valence-corrected chi connectivity index (χ2v) is 16.7. The van der Waals surface area contributed by atoms with Gasteiger partial charge in [0.05, 0.1) is 23.7 Å². The lowest BCUT2D eigenvalue weighted by atomic mass is 9.39. The van der Waals surface area contributed by atoms with Gasteiger partial charge in [0.1, 0.15) is 35.8 Å². The van der Waals surface area contributed by atoms with Crippen LogP contribution in [-0.2, 0) is 23.9 Å². The molecular weight excluding hydrogens is 624 g/mol. The second kappa shape index (κ2) is 11.6. The number of rotatable bonds is 7. The predicted molar refractivity (Wildman–Crippen MR) is 171 cm³/mol. The molecule has 12 nitrogen and oxygen atoms in total. The van der Waals surface area contributed by atoms with Gasteiger partial charge in [0, 0.05) is 23.7 Å². The van der Waals surface area contributed by atoms with Crippen molar-refractivity contribution in [2.24, 2.45) is 39.4 Å². The van der Waals surface area contributed by atoms with Crippen LogP contribution in [0.15, 0.2) is 35.6 Å². The molecule has 0 aromatic heterocycles. The number of carbonyl (C=O) groups is 3. The Kier molecular flexibility index (Phi) is 8.96. The number of fused-ring (bicyclic) bond motifs is 5. The molecule has 0 spiro atoms. The van der Waals surface area contributed by atoms with E-state index < -0.39 is 106 Å². The van der Waals surface area contributed by atoms with Crippen LogP contribution in [0.5, 0.6) is 0 Å². The smallest absolute Gasteiger partial charge is 0.229 e. The van der Waals surface area contributed by atoms with Crippen LogP contribution in [0.3, 0.4) is 0 Å².